The molecule has 0 aliphatic carbocycles. The number of carbonyl (C=O) groups excluding carboxylic acids is 1. The Balaban J connectivity index is 2.00. The lowest BCUT2D eigenvalue weighted by Gasteiger charge is -2.21. The maximum Gasteiger partial charge on any atom is 0.407 e. The van der Waals surface area contributed by atoms with E-state index in [0.717, 1.165) is 16.5 Å². The molecule has 1 unspecified atom stereocenters. The number of aromatic nitrogens is 2. The number of nitrogens with one attached hydrogen (secondary N) is 2. The number of nitrogens with zero attached hydrogens (tertiary/aromatic N) is 1. The molecule has 4 N–H and O–H groups in total. The smallest absolute Gasteiger partial charge is 0.407 e. The van der Waals surface area contributed by atoms with Crippen LogP contribution in [0.1, 0.15) is 32.4 Å². The number of H-pyrrole nitrogens is 1. The van der Waals surface area contributed by atoms with Crippen LogP contribution in [0.15, 0.2) is 24.4 Å². The molecule has 0 spiro atoms. The standard InChI is InChI=1S/C14H20N4O2/c1-14(2,3)20-13(19)16-8-11(15)10-6-4-5-9-7-17-18-12(9)10/h4-7,11H,8,15H2,1-3H3,(H,16,19)(H,17,18). The summed E-state index contributed by atoms with van der Waals surface area (Å²) in [5.41, 5.74) is 7.41. The van der Waals surface area contributed by atoms with Gasteiger partial charge in [-0.25, -0.2) is 4.79 Å². The van der Waals surface area contributed by atoms with Gasteiger partial charge in [0.15, 0.2) is 0 Å². The summed E-state index contributed by atoms with van der Waals surface area (Å²) in [6, 6.07) is 5.46. The van der Waals surface area contributed by atoms with Gasteiger partial charge in [0, 0.05) is 18.0 Å². The van der Waals surface area contributed by atoms with Crippen LogP contribution >= 0.6 is 0 Å². The predicted octanol–water partition coefficient (Wildman–Crippen LogP) is 2.09. The predicted molar refractivity (Wildman–Crippen MR) is 77.3 cm³/mol. The summed E-state index contributed by atoms with van der Waals surface area (Å²) in [6.07, 6.45) is 1.28. The van der Waals surface area contributed by atoms with E-state index in [1.807, 2.05) is 39.0 Å². The summed E-state index contributed by atoms with van der Waals surface area (Å²) in [5, 5.41) is 10.6. The van der Waals surface area contributed by atoms with Gasteiger partial charge in [-0.15, -0.1) is 0 Å². The third kappa shape index (κ3) is 3.48. The molecule has 6 nitrogen and oxygen atoms in total. The van der Waals surface area contributed by atoms with E-state index in [9.17, 15) is 4.79 Å². The zero-order chi connectivity index (χ0) is 14.8. The van der Waals surface area contributed by atoms with Crippen molar-refractivity contribution in [1.82, 2.24) is 15.5 Å². The number of benzene rings is 1. The van der Waals surface area contributed by atoms with Crippen LogP contribution in [0.25, 0.3) is 10.9 Å². The second-order valence-electron chi connectivity index (χ2n) is 5.67. The van der Waals surface area contributed by atoms with Crippen molar-refractivity contribution < 1.29 is 9.53 Å². The number of fused-ring (bicyclic) bond motifs is 1. The third-order valence-electron chi connectivity index (χ3n) is 2.77. The maximum absolute atomic E-state index is 11.6. The number of ether oxygens (including phenoxy) is 1. The number of carbonyl (C=O) groups is 1. The lowest BCUT2D eigenvalue weighted by Crippen LogP contribution is -2.36. The number of hydrogen-bond acceptors (Lipinski definition) is 4. The zero-order valence-electron chi connectivity index (χ0n) is 11.9. The third-order valence-corrected chi connectivity index (χ3v) is 2.77. The van der Waals surface area contributed by atoms with Gasteiger partial charge in [0.1, 0.15) is 5.60 Å². The van der Waals surface area contributed by atoms with Gasteiger partial charge in [0.25, 0.3) is 0 Å². The highest BCUT2D eigenvalue weighted by atomic mass is 16.6. The summed E-state index contributed by atoms with van der Waals surface area (Å²) in [5.74, 6) is 0. The molecule has 1 heterocycles. The molecular weight excluding hydrogens is 256 g/mol. The van der Waals surface area contributed by atoms with Crippen molar-refractivity contribution >= 4 is 17.0 Å². The Morgan fingerprint density at radius 1 is 1.50 bits per heavy atom. The monoisotopic (exact) mass is 276 g/mol. The first kappa shape index (κ1) is 14.3. The van der Waals surface area contributed by atoms with Crippen LogP contribution in [0, 0.1) is 0 Å². The molecule has 0 aliphatic rings. The highest BCUT2D eigenvalue weighted by Gasteiger charge is 2.17. The maximum atomic E-state index is 11.6. The van der Waals surface area contributed by atoms with Gasteiger partial charge in [0.2, 0.25) is 0 Å². The average molecular weight is 276 g/mol. The fourth-order valence-corrected chi connectivity index (χ4v) is 1.92. The molecule has 1 aromatic heterocycles. The largest absolute Gasteiger partial charge is 0.444 e. The van der Waals surface area contributed by atoms with E-state index in [1.54, 1.807) is 6.20 Å². The molecule has 0 saturated carbocycles. The lowest BCUT2D eigenvalue weighted by atomic mass is 10.0. The molecule has 0 fully saturated rings. The lowest BCUT2D eigenvalue weighted by molar-refractivity contribution is 0.0524. The van der Waals surface area contributed by atoms with Gasteiger partial charge in [-0.2, -0.15) is 5.10 Å². The first-order valence-corrected chi connectivity index (χ1v) is 6.51. The first-order valence-electron chi connectivity index (χ1n) is 6.51. The number of aromatic amines is 1. The molecule has 20 heavy (non-hydrogen) atoms. The van der Waals surface area contributed by atoms with Gasteiger partial charge in [-0.3, -0.25) is 5.10 Å². The fraction of sp³-hybridized carbons (Fsp3) is 0.429. The molecule has 1 atom stereocenters. The van der Waals surface area contributed by atoms with E-state index in [-0.39, 0.29) is 6.04 Å². The molecular formula is C14H20N4O2. The fourth-order valence-electron chi connectivity index (χ4n) is 1.92. The second kappa shape index (κ2) is 5.50. The van der Waals surface area contributed by atoms with Crippen LogP contribution in [0.2, 0.25) is 0 Å². The number of alkyl carbamates (subject to hydrolysis) is 1. The summed E-state index contributed by atoms with van der Waals surface area (Å²) < 4.78 is 5.17. The molecule has 108 valence electrons. The van der Waals surface area contributed by atoms with E-state index in [4.69, 9.17) is 10.5 Å². The summed E-state index contributed by atoms with van der Waals surface area (Å²) in [7, 11) is 0. The van der Waals surface area contributed by atoms with Gasteiger partial charge in [0.05, 0.1) is 11.7 Å². The van der Waals surface area contributed by atoms with Crippen molar-refractivity contribution in [2.45, 2.75) is 32.4 Å². The van der Waals surface area contributed by atoms with Crippen LogP contribution < -0.4 is 11.1 Å². The summed E-state index contributed by atoms with van der Waals surface area (Å²) >= 11 is 0. The number of rotatable bonds is 3. The van der Waals surface area contributed by atoms with Crippen molar-refractivity contribution in [3.05, 3.63) is 30.0 Å². The minimum Gasteiger partial charge on any atom is -0.444 e. The molecule has 1 amide bonds. The van der Waals surface area contributed by atoms with Crippen LogP contribution in [0.3, 0.4) is 0 Å². The molecule has 2 rings (SSSR count). The molecule has 0 saturated heterocycles. The number of hydrogen-bond donors (Lipinski definition) is 3. The molecule has 0 bridgehead atoms. The van der Waals surface area contributed by atoms with Gasteiger partial charge < -0.3 is 15.8 Å². The molecule has 0 radical (unpaired) electrons. The topological polar surface area (TPSA) is 93.0 Å². The van der Waals surface area contributed by atoms with E-state index >= 15 is 0 Å². The Morgan fingerprint density at radius 3 is 2.95 bits per heavy atom. The van der Waals surface area contributed by atoms with Crippen molar-refractivity contribution in [3.63, 3.8) is 0 Å². The van der Waals surface area contributed by atoms with E-state index in [0.29, 0.717) is 6.54 Å². The normalized spacial score (nSPS) is 13.2. The van der Waals surface area contributed by atoms with Gasteiger partial charge >= 0.3 is 6.09 Å². The minimum absolute atomic E-state index is 0.299. The molecule has 0 aliphatic heterocycles. The Kier molecular flexibility index (Phi) is 3.94. The Bertz CT molecular complexity index is 600. The van der Waals surface area contributed by atoms with Crippen molar-refractivity contribution in [2.24, 2.45) is 5.73 Å². The van der Waals surface area contributed by atoms with Crippen LogP contribution in [0.5, 0.6) is 0 Å². The number of nitrogens with two attached hydrogens (primary N) is 1. The molecule has 2 aromatic rings. The van der Waals surface area contributed by atoms with E-state index in [2.05, 4.69) is 15.5 Å². The second-order valence-corrected chi connectivity index (χ2v) is 5.67. The number of para-hydroxylation sites is 1. The molecule has 6 heteroatoms. The first-order chi connectivity index (χ1) is 9.37. The Labute approximate surface area is 117 Å². The highest BCUT2D eigenvalue weighted by molar-refractivity contribution is 5.81. The van der Waals surface area contributed by atoms with Crippen molar-refractivity contribution in [1.29, 1.82) is 0 Å². The zero-order valence-corrected chi connectivity index (χ0v) is 11.9. The van der Waals surface area contributed by atoms with Crippen molar-refractivity contribution in [3.8, 4) is 0 Å². The van der Waals surface area contributed by atoms with Crippen LogP contribution in [-0.4, -0.2) is 28.4 Å². The van der Waals surface area contributed by atoms with Gasteiger partial charge in [-0.1, -0.05) is 18.2 Å². The molecule has 1 aromatic carbocycles. The SMILES string of the molecule is CC(C)(C)OC(=O)NCC(N)c1cccc2cn[nH]c12. The summed E-state index contributed by atoms with van der Waals surface area (Å²) in [4.78, 5) is 11.6. The quantitative estimate of drug-likeness (QED) is 0.800. The van der Waals surface area contributed by atoms with E-state index in [1.165, 1.54) is 0 Å². The van der Waals surface area contributed by atoms with Gasteiger partial charge in [-0.05, 0) is 26.3 Å². The Morgan fingerprint density at radius 2 is 2.25 bits per heavy atom. The highest BCUT2D eigenvalue weighted by Crippen LogP contribution is 2.20. The minimum atomic E-state index is -0.516. The summed E-state index contributed by atoms with van der Waals surface area (Å²) in [6.45, 7) is 5.75. The van der Waals surface area contributed by atoms with E-state index < -0.39 is 11.7 Å². The van der Waals surface area contributed by atoms with Crippen molar-refractivity contribution in [2.75, 3.05) is 6.54 Å². The van der Waals surface area contributed by atoms with Crippen LogP contribution in [-0.2, 0) is 4.74 Å². The average Bonchev–Trinajstić information content (AvgIpc) is 2.81. The van der Waals surface area contributed by atoms with Crippen LogP contribution in [0.4, 0.5) is 4.79 Å². The Hall–Kier alpha value is -2.08. The number of amides is 1.